The topological polar surface area (TPSA) is 38.3 Å². The third-order valence-corrected chi connectivity index (χ3v) is 4.82. The molecule has 1 N–H and O–H groups in total. The number of rotatable bonds is 7. The van der Waals surface area contributed by atoms with Crippen molar-refractivity contribution in [1.29, 1.82) is 0 Å². The molecule has 2 rings (SSSR count). The predicted octanol–water partition coefficient (Wildman–Crippen LogP) is 5.38. The molecule has 0 saturated carbocycles. The number of anilines is 1. The van der Waals surface area contributed by atoms with Gasteiger partial charge in [-0.2, -0.15) is 0 Å². The summed E-state index contributed by atoms with van der Waals surface area (Å²) >= 11 is 2.28. The van der Waals surface area contributed by atoms with Crippen molar-refractivity contribution in [2.75, 3.05) is 11.9 Å². The molecular weight excluding hydrogens is 413 g/mol. The maximum absolute atomic E-state index is 12.1. The lowest BCUT2D eigenvalue weighted by Crippen LogP contribution is -2.21. The van der Waals surface area contributed by atoms with Gasteiger partial charge in [0.2, 0.25) is 0 Å². The summed E-state index contributed by atoms with van der Waals surface area (Å²) in [4.78, 5) is 12.1. The molecule has 0 aliphatic carbocycles. The molecule has 0 aromatic heterocycles. The molecule has 4 heteroatoms. The summed E-state index contributed by atoms with van der Waals surface area (Å²) in [5.41, 5.74) is 3.28. The van der Waals surface area contributed by atoms with Crippen LogP contribution in [0.5, 0.6) is 5.75 Å². The molecule has 128 valence electrons. The molecule has 3 nitrogen and oxygen atoms in total. The van der Waals surface area contributed by atoms with Crippen LogP contribution in [0.3, 0.4) is 0 Å². The van der Waals surface area contributed by atoms with Gasteiger partial charge in [-0.05, 0) is 82.8 Å². The molecule has 2 aromatic rings. The lowest BCUT2D eigenvalue weighted by Gasteiger charge is -2.12. The van der Waals surface area contributed by atoms with Crippen molar-refractivity contribution in [1.82, 2.24) is 0 Å². The first-order valence-corrected chi connectivity index (χ1v) is 9.42. The highest BCUT2D eigenvalue weighted by Crippen LogP contribution is 2.22. The van der Waals surface area contributed by atoms with E-state index in [1.54, 1.807) is 0 Å². The molecule has 2 aromatic carbocycles. The van der Waals surface area contributed by atoms with Crippen molar-refractivity contribution >= 4 is 34.2 Å². The van der Waals surface area contributed by atoms with Crippen LogP contribution < -0.4 is 10.1 Å². The number of carbonyl (C=O) groups is 1. The van der Waals surface area contributed by atoms with Gasteiger partial charge in [0.1, 0.15) is 5.75 Å². The molecule has 1 amide bonds. The van der Waals surface area contributed by atoms with Crippen molar-refractivity contribution in [3.8, 4) is 5.75 Å². The number of halogens is 1. The number of hydrogen-bond acceptors (Lipinski definition) is 2. The van der Waals surface area contributed by atoms with Gasteiger partial charge in [-0.15, -0.1) is 0 Å². The molecular formula is C20H24INO2. The van der Waals surface area contributed by atoms with E-state index in [1.165, 1.54) is 9.13 Å². The lowest BCUT2D eigenvalue weighted by molar-refractivity contribution is -0.118. The van der Waals surface area contributed by atoms with Crippen LogP contribution in [-0.4, -0.2) is 12.5 Å². The van der Waals surface area contributed by atoms with Gasteiger partial charge in [-0.1, -0.05) is 32.9 Å². The van der Waals surface area contributed by atoms with Crippen LogP contribution in [0, 0.1) is 3.57 Å². The summed E-state index contributed by atoms with van der Waals surface area (Å²) in [6.45, 7) is 6.47. The van der Waals surface area contributed by atoms with Gasteiger partial charge in [0.15, 0.2) is 6.61 Å². The highest BCUT2D eigenvalue weighted by molar-refractivity contribution is 14.1. The van der Waals surface area contributed by atoms with Gasteiger partial charge < -0.3 is 10.1 Å². The van der Waals surface area contributed by atoms with E-state index in [0.29, 0.717) is 5.92 Å². The Morgan fingerprint density at radius 2 is 1.88 bits per heavy atom. The van der Waals surface area contributed by atoms with E-state index in [9.17, 15) is 4.79 Å². The number of aryl methyl sites for hydroxylation is 1. The quantitative estimate of drug-likeness (QED) is 0.591. The van der Waals surface area contributed by atoms with E-state index in [-0.39, 0.29) is 12.5 Å². The summed E-state index contributed by atoms with van der Waals surface area (Å²) in [6.07, 6.45) is 1.99. The normalized spacial score (nSPS) is 11.8. The van der Waals surface area contributed by atoms with Gasteiger partial charge in [-0.25, -0.2) is 0 Å². The van der Waals surface area contributed by atoms with Crippen molar-refractivity contribution in [2.45, 2.75) is 39.5 Å². The molecule has 0 bridgehead atoms. The maximum atomic E-state index is 12.1. The molecule has 0 aliphatic rings. The molecule has 0 heterocycles. The first-order chi connectivity index (χ1) is 11.5. The number of benzene rings is 2. The molecule has 0 spiro atoms. The second kappa shape index (κ2) is 9.06. The zero-order valence-electron chi connectivity index (χ0n) is 14.4. The fourth-order valence-corrected chi connectivity index (χ4v) is 3.00. The average Bonchev–Trinajstić information content (AvgIpc) is 2.61. The predicted molar refractivity (Wildman–Crippen MR) is 108 cm³/mol. The first kappa shape index (κ1) is 18.8. The third kappa shape index (κ3) is 5.23. The second-order valence-corrected chi connectivity index (χ2v) is 7.12. The Balaban J connectivity index is 1.91. The Morgan fingerprint density at radius 1 is 1.17 bits per heavy atom. The SMILES string of the molecule is CCc1cc(I)ccc1NC(=O)COc1ccc([C@@H](C)CC)cc1. The fraction of sp³-hybridized carbons (Fsp3) is 0.350. The minimum absolute atomic E-state index is 0.0117. The Hall–Kier alpha value is -1.56. The summed E-state index contributed by atoms with van der Waals surface area (Å²) < 4.78 is 6.76. The van der Waals surface area contributed by atoms with E-state index in [0.717, 1.165) is 29.8 Å². The molecule has 0 fully saturated rings. The van der Waals surface area contributed by atoms with Crippen molar-refractivity contribution in [2.24, 2.45) is 0 Å². The van der Waals surface area contributed by atoms with Gasteiger partial charge in [0.25, 0.3) is 5.91 Å². The van der Waals surface area contributed by atoms with E-state index >= 15 is 0 Å². The minimum atomic E-state index is -0.142. The van der Waals surface area contributed by atoms with Crippen LogP contribution in [-0.2, 0) is 11.2 Å². The Kier molecular flexibility index (Phi) is 7.09. The highest BCUT2D eigenvalue weighted by atomic mass is 127. The van der Waals surface area contributed by atoms with E-state index in [1.807, 2.05) is 24.3 Å². The standard InChI is InChI=1S/C20H24INO2/c1-4-14(3)16-6-9-18(10-7-16)24-13-20(23)22-19-11-8-17(21)12-15(19)5-2/h6-12,14H,4-5,13H2,1-3H3,(H,22,23)/t14-/m0/s1. The van der Waals surface area contributed by atoms with Crippen LogP contribution in [0.15, 0.2) is 42.5 Å². The van der Waals surface area contributed by atoms with Gasteiger partial charge in [0.05, 0.1) is 0 Å². The van der Waals surface area contributed by atoms with Gasteiger partial charge in [-0.3, -0.25) is 4.79 Å². The number of ether oxygens (including phenoxy) is 1. The zero-order chi connectivity index (χ0) is 17.5. The summed E-state index contributed by atoms with van der Waals surface area (Å²) in [7, 11) is 0. The second-order valence-electron chi connectivity index (χ2n) is 5.87. The number of nitrogens with one attached hydrogen (secondary N) is 1. The van der Waals surface area contributed by atoms with Gasteiger partial charge >= 0.3 is 0 Å². The Bertz CT molecular complexity index is 683. The molecule has 0 aliphatic heterocycles. The van der Waals surface area contributed by atoms with Crippen LogP contribution in [0.4, 0.5) is 5.69 Å². The largest absolute Gasteiger partial charge is 0.484 e. The number of carbonyl (C=O) groups excluding carboxylic acids is 1. The summed E-state index contributed by atoms with van der Waals surface area (Å²) in [5, 5.41) is 2.93. The van der Waals surface area contributed by atoms with Crippen LogP contribution in [0.25, 0.3) is 0 Å². The minimum Gasteiger partial charge on any atom is -0.484 e. The molecule has 0 unspecified atom stereocenters. The lowest BCUT2D eigenvalue weighted by atomic mass is 9.99. The summed E-state index contributed by atoms with van der Waals surface area (Å²) in [6, 6.07) is 14.0. The van der Waals surface area contributed by atoms with Crippen molar-refractivity contribution in [3.05, 3.63) is 57.2 Å². The first-order valence-electron chi connectivity index (χ1n) is 8.34. The average molecular weight is 437 g/mol. The maximum Gasteiger partial charge on any atom is 0.262 e. The smallest absolute Gasteiger partial charge is 0.262 e. The molecule has 0 saturated heterocycles. The third-order valence-electron chi connectivity index (χ3n) is 4.15. The van der Waals surface area contributed by atoms with Crippen LogP contribution in [0.1, 0.15) is 44.2 Å². The monoisotopic (exact) mass is 437 g/mol. The Morgan fingerprint density at radius 3 is 2.50 bits per heavy atom. The van der Waals surface area contributed by atoms with Crippen LogP contribution in [0.2, 0.25) is 0 Å². The van der Waals surface area contributed by atoms with E-state index in [2.05, 4.69) is 66.9 Å². The highest BCUT2D eigenvalue weighted by Gasteiger charge is 2.08. The van der Waals surface area contributed by atoms with Crippen molar-refractivity contribution in [3.63, 3.8) is 0 Å². The van der Waals surface area contributed by atoms with Crippen LogP contribution >= 0.6 is 22.6 Å². The number of hydrogen-bond donors (Lipinski definition) is 1. The summed E-state index contributed by atoms with van der Waals surface area (Å²) in [5.74, 6) is 1.11. The fourth-order valence-electron chi connectivity index (χ4n) is 2.44. The molecule has 24 heavy (non-hydrogen) atoms. The van der Waals surface area contributed by atoms with E-state index < -0.39 is 0 Å². The van der Waals surface area contributed by atoms with E-state index in [4.69, 9.17) is 4.74 Å². The Labute approximate surface area is 157 Å². The van der Waals surface area contributed by atoms with Gasteiger partial charge in [0, 0.05) is 9.26 Å². The number of amides is 1. The molecule has 1 atom stereocenters. The zero-order valence-corrected chi connectivity index (χ0v) is 16.6. The van der Waals surface area contributed by atoms with Crippen molar-refractivity contribution < 1.29 is 9.53 Å². The molecule has 0 radical (unpaired) electrons.